The molecule has 0 unspecified atom stereocenters. The highest BCUT2D eigenvalue weighted by atomic mass is 79.9. The van der Waals surface area contributed by atoms with Crippen molar-refractivity contribution in [3.63, 3.8) is 0 Å². The summed E-state index contributed by atoms with van der Waals surface area (Å²) in [5.41, 5.74) is 4.67. The Kier molecular flexibility index (Phi) is 4.89. The molecule has 16 heavy (non-hydrogen) atoms. The number of benzene rings is 1. The van der Waals surface area contributed by atoms with Crippen molar-refractivity contribution in [1.29, 1.82) is 0 Å². The Hall–Kier alpha value is -0.940. The standard InChI is InChI=1S/C11H13BrFNO2/c1-2-16-11(15)6-10(14)8-4-3-7(13)5-9(8)12/h3-5,10H,2,6,14H2,1H3/p+1/t10-/m1/s1. The lowest BCUT2D eigenvalue weighted by Crippen LogP contribution is -2.54. The Morgan fingerprint density at radius 1 is 1.62 bits per heavy atom. The topological polar surface area (TPSA) is 53.9 Å². The van der Waals surface area contributed by atoms with E-state index in [1.165, 1.54) is 12.1 Å². The molecule has 88 valence electrons. The van der Waals surface area contributed by atoms with Crippen LogP contribution in [-0.4, -0.2) is 12.6 Å². The molecule has 1 rings (SSSR count). The number of carbonyl (C=O) groups is 1. The Labute approximate surface area is 102 Å². The van der Waals surface area contributed by atoms with Crippen molar-refractivity contribution >= 4 is 21.9 Å². The number of hydrogen-bond donors (Lipinski definition) is 1. The summed E-state index contributed by atoms with van der Waals surface area (Å²) in [5.74, 6) is -0.613. The van der Waals surface area contributed by atoms with Gasteiger partial charge in [0.15, 0.2) is 0 Å². The van der Waals surface area contributed by atoms with E-state index in [1.54, 1.807) is 13.0 Å². The molecule has 0 fully saturated rings. The minimum absolute atomic E-state index is 0.193. The summed E-state index contributed by atoms with van der Waals surface area (Å²) in [6, 6.07) is 4.09. The molecule has 5 heteroatoms. The van der Waals surface area contributed by atoms with E-state index in [4.69, 9.17) is 4.74 Å². The lowest BCUT2D eigenvalue weighted by atomic mass is 10.1. The van der Waals surface area contributed by atoms with Gasteiger partial charge in [-0.2, -0.15) is 0 Å². The molecule has 0 aliphatic rings. The third-order valence-electron chi connectivity index (χ3n) is 2.12. The van der Waals surface area contributed by atoms with Gasteiger partial charge in [-0.15, -0.1) is 0 Å². The Balaban J connectivity index is 2.72. The van der Waals surface area contributed by atoms with E-state index in [0.29, 0.717) is 11.1 Å². The first-order valence-corrected chi connectivity index (χ1v) is 5.77. The minimum Gasteiger partial charge on any atom is -0.466 e. The summed E-state index contributed by atoms with van der Waals surface area (Å²) in [6.07, 6.45) is 0.193. The molecule has 0 saturated carbocycles. The maximum atomic E-state index is 12.9. The van der Waals surface area contributed by atoms with Gasteiger partial charge < -0.3 is 10.5 Å². The molecule has 0 aliphatic heterocycles. The monoisotopic (exact) mass is 290 g/mol. The Morgan fingerprint density at radius 2 is 2.31 bits per heavy atom. The predicted molar refractivity (Wildman–Crippen MR) is 61.0 cm³/mol. The van der Waals surface area contributed by atoms with Crippen LogP contribution in [0.25, 0.3) is 0 Å². The summed E-state index contributed by atoms with van der Waals surface area (Å²) < 4.78 is 18.3. The van der Waals surface area contributed by atoms with Gasteiger partial charge in [0.25, 0.3) is 0 Å². The molecule has 3 N–H and O–H groups in total. The van der Waals surface area contributed by atoms with Crippen LogP contribution in [0.4, 0.5) is 4.39 Å². The van der Waals surface area contributed by atoms with Crippen LogP contribution in [0.5, 0.6) is 0 Å². The first-order chi connectivity index (χ1) is 7.54. The van der Waals surface area contributed by atoms with Crippen LogP contribution >= 0.6 is 15.9 Å². The molecule has 0 spiro atoms. The van der Waals surface area contributed by atoms with Crippen molar-refractivity contribution in [1.82, 2.24) is 0 Å². The second-order valence-corrected chi connectivity index (χ2v) is 4.23. The molecule has 0 radical (unpaired) electrons. The van der Waals surface area contributed by atoms with Gasteiger partial charge in [0.1, 0.15) is 18.3 Å². The zero-order valence-corrected chi connectivity index (χ0v) is 10.6. The molecule has 1 atom stereocenters. The number of hydrogen-bond acceptors (Lipinski definition) is 2. The summed E-state index contributed by atoms with van der Waals surface area (Å²) >= 11 is 3.24. The maximum absolute atomic E-state index is 12.9. The molecule has 0 amide bonds. The average molecular weight is 291 g/mol. The Bertz CT molecular complexity index is 384. The maximum Gasteiger partial charge on any atom is 0.312 e. The van der Waals surface area contributed by atoms with Crippen molar-refractivity contribution in [3.05, 3.63) is 34.1 Å². The van der Waals surface area contributed by atoms with Gasteiger partial charge >= 0.3 is 5.97 Å². The number of ether oxygens (including phenoxy) is 1. The van der Waals surface area contributed by atoms with Crippen molar-refractivity contribution in [2.45, 2.75) is 19.4 Å². The first kappa shape index (κ1) is 13.1. The molecule has 0 saturated heterocycles. The highest BCUT2D eigenvalue weighted by molar-refractivity contribution is 9.10. The third kappa shape index (κ3) is 3.57. The van der Waals surface area contributed by atoms with Crippen molar-refractivity contribution in [2.24, 2.45) is 0 Å². The number of esters is 1. The van der Waals surface area contributed by atoms with Gasteiger partial charge in [0, 0.05) is 10.0 Å². The molecule has 0 aliphatic carbocycles. The largest absolute Gasteiger partial charge is 0.466 e. The fraction of sp³-hybridized carbons (Fsp3) is 0.364. The minimum atomic E-state index is -0.320. The molecular formula is C11H14BrFNO2+. The SMILES string of the molecule is CCOC(=O)C[C@@H]([NH3+])c1ccc(F)cc1Br. The number of quaternary nitrogens is 1. The van der Waals surface area contributed by atoms with Crippen LogP contribution < -0.4 is 5.73 Å². The van der Waals surface area contributed by atoms with Crippen LogP contribution in [0, 0.1) is 5.82 Å². The van der Waals surface area contributed by atoms with E-state index in [0.717, 1.165) is 5.56 Å². The molecule has 1 aromatic carbocycles. The molecule has 0 bridgehead atoms. The van der Waals surface area contributed by atoms with Crippen molar-refractivity contribution in [3.8, 4) is 0 Å². The highest BCUT2D eigenvalue weighted by Crippen LogP contribution is 2.24. The fourth-order valence-corrected chi connectivity index (χ4v) is 2.04. The van der Waals surface area contributed by atoms with E-state index in [9.17, 15) is 9.18 Å². The lowest BCUT2D eigenvalue weighted by Gasteiger charge is -2.10. The van der Waals surface area contributed by atoms with E-state index < -0.39 is 0 Å². The van der Waals surface area contributed by atoms with Gasteiger partial charge in [-0.1, -0.05) is 15.9 Å². The summed E-state index contributed by atoms with van der Waals surface area (Å²) in [4.78, 5) is 11.3. The normalized spacial score (nSPS) is 12.2. The fourth-order valence-electron chi connectivity index (χ4n) is 1.36. The number of halogens is 2. The van der Waals surface area contributed by atoms with Crippen LogP contribution in [-0.2, 0) is 9.53 Å². The van der Waals surface area contributed by atoms with Crippen molar-refractivity contribution in [2.75, 3.05) is 6.61 Å². The zero-order valence-electron chi connectivity index (χ0n) is 9.00. The predicted octanol–water partition coefficient (Wildman–Crippen LogP) is 1.82. The molecule has 0 aromatic heterocycles. The van der Waals surface area contributed by atoms with E-state index in [2.05, 4.69) is 21.7 Å². The molecule has 0 heterocycles. The second-order valence-electron chi connectivity index (χ2n) is 3.37. The van der Waals surface area contributed by atoms with Gasteiger partial charge in [0.2, 0.25) is 0 Å². The third-order valence-corrected chi connectivity index (χ3v) is 2.81. The molecule has 1 aromatic rings. The van der Waals surface area contributed by atoms with Crippen LogP contribution in [0.2, 0.25) is 0 Å². The van der Waals surface area contributed by atoms with Crippen molar-refractivity contribution < 1.29 is 19.7 Å². The second kappa shape index (κ2) is 5.96. The molecular weight excluding hydrogens is 277 g/mol. The van der Waals surface area contributed by atoms with Gasteiger partial charge in [-0.05, 0) is 25.1 Å². The van der Waals surface area contributed by atoms with E-state index in [1.807, 2.05) is 0 Å². The van der Waals surface area contributed by atoms with Crippen LogP contribution in [0.3, 0.4) is 0 Å². The van der Waals surface area contributed by atoms with Gasteiger partial charge in [-0.25, -0.2) is 4.39 Å². The lowest BCUT2D eigenvalue weighted by molar-refractivity contribution is -0.426. The van der Waals surface area contributed by atoms with E-state index in [-0.39, 0.29) is 24.2 Å². The van der Waals surface area contributed by atoms with Crippen LogP contribution in [0.1, 0.15) is 24.9 Å². The summed E-state index contributed by atoms with van der Waals surface area (Å²) in [6.45, 7) is 2.11. The van der Waals surface area contributed by atoms with Gasteiger partial charge in [-0.3, -0.25) is 4.79 Å². The van der Waals surface area contributed by atoms with Gasteiger partial charge in [0.05, 0.1) is 6.61 Å². The zero-order chi connectivity index (χ0) is 12.1. The Morgan fingerprint density at radius 3 is 2.88 bits per heavy atom. The first-order valence-electron chi connectivity index (χ1n) is 4.98. The molecule has 3 nitrogen and oxygen atoms in total. The number of rotatable bonds is 4. The van der Waals surface area contributed by atoms with E-state index >= 15 is 0 Å². The highest BCUT2D eigenvalue weighted by Gasteiger charge is 2.18. The smallest absolute Gasteiger partial charge is 0.312 e. The number of carbonyl (C=O) groups excluding carboxylic acids is 1. The summed E-state index contributed by atoms with van der Waals surface area (Å²) in [5, 5.41) is 0. The summed E-state index contributed by atoms with van der Waals surface area (Å²) in [7, 11) is 0. The quantitative estimate of drug-likeness (QED) is 0.860. The van der Waals surface area contributed by atoms with Crippen LogP contribution in [0.15, 0.2) is 22.7 Å². The average Bonchev–Trinajstić information content (AvgIpc) is 2.17.